The summed E-state index contributed by atoms with van der Waals surface area (Å²) in [4.78, 5) is 0. The Hall–Kier alpha value is -0.820. The third kappa shape index (κ3) is 4.61. The van der Waals surface area contributed by atoms with Crippen LogP contribution < -0.4 is 0 Å². The summed E-state index contributed by atoms with van der Waals surface area (Å²) in [5, 5.41) is 10.1. The highest BCUT2D eigenvalue weighted by Crippen LogP contribution is 2.59. The Labute approximate surface area is 168 Å². The first-order valence-corrected chi connectivity index (χ1v) is 11.7. The maximum atomic E-state index is 10.1. The average Bonchev–Trinajstić information content (AvgIpc) is 3.00. The van der Waals surface area contributed by atoms with E-state index in [4.69, 9.17) is 0 Å². The zero-order chi connectivity index (χ0) is 19.4. The fourth-order valence-electron chi connectivity index (χ4n) is 6.49. The first-order chi connectivity index (χ1) is 13.0. The van der Waals surface area contributed by atoms with Gasteiger partial charge in [-0.25, -0.2) is 0 Å². The van der Waals surface area contributed by atoms with Crippen molar-refractivity contribution in [3.63, 3.8) is 0 Å². The minimum Gasteiger partial charge on any atom is -0.388 e. The molecule has 1 heteroatoms. The minimum atomic E-state index is -0.320. The molecule has 0 radical (unpaired) electrons. The van der Waals surface area contributed by atoms with Gasteiger partial charge in [0.1, 0.15) is 0 Å². The van der Waals surface area contributed by atoms with E-state index in [0.717, 1.165) is 42.6 Å². The molecule has 0 aliphatic heterocycles. The second-order valence-electron chi connectivity index (χ2n) is 10.0. The Bertz CT molecular complexity index is 583. The van der Waals surface area contributed by atoms with Gasteiger partial charge in [-0.2, -0.15) is 0 Å². The maximum absolute atomic E-state index is 10.1. The minimum absolute atomic E-state index is 0.320. The molecular formula is C26H42O. The predicted molar refractivity (Wildman–Crippen MR) is 117 cm³/mol. The number of aliphatic hydroxyl groups excluding tert-OH is 1. The van der Waals surface area contributed by atoms with Crippen molar-refractivity contribution in [2.45, 2.75) is 104 Å². The smallest absolute Gasteiger partial charge is 0.0784 e. The van der Waals surface area contributed by atoms with Crippen LogP contribution in [0, 0.1) is 23.2 Å². The molecule has 0 bridgehead atoms. The number of aliphatic hydroxyl groups is 1. The highest BCUT2D eigenvalue weighted by atomic mass is 16.3. The second kappa shape index (κ2) is 9.12. The molecule has 1 nitrogen and oxygen atoms in total. The second-order valence-corrected chi connectivity index (χ2v) is 10.0. The Kier molecular flexibility index (Phi) is 7.06. The van der Waals surface area contributed by atoms with Gasteiger partial charge in [-0.05, 0) is 80.1 Å². The molecule has 0 aromatic carbocycles. The summed E-state index contributed by atoms with van der Waals surface area (Å²) in [5.41, 5.74) is 4.66. The van der Waals surface area contributed by atoms with Crippen molar-refractivity contribution < 1.29 is 5.11 Å². The molecule has 0 spiro atoms. The van der Waals surface area contributed by atoms with Gasteiger partial charge >= 0.3 is 0 Å². The van der Waals surface area contributed by atoms with Crippen molar-refractivity contribution in [1.82, 2.24) is 0 Å². The van der Waals surface area contributed by atoms with Crippen molar-refractivity contribution in [2.75, 3.05) is 0 Å². The lowest BCUT2D eigenvalue weighted by molar-refractivity contribution is 0.0932. The summed E-state index contributed by atoms with van der Waals surface area (Å²) in [7, 11) is 0. The fraction of sp³-hybridized carbons (Fsp3) is 0.769. The normalized spacial score (nSPS) is 38.4. The van der Waals surface area contributed by atoms with Crippen LogP contribution >= 0.6 is 0 Å². The SMILES string of the molecule is C=C1CC/C(=C/C=C2\CCC[C@]3(C)C([C@H](C)CCCCC)CC[C@@H]23)C[C@H]1O. The van der Waals surface area contributed by atoms with Gasteiger partial charge in [0.05, 0.1) is 6.10 Å². The molecule has 1 N–H and O–H groups in total. The molecule has 5 atom stereocenters. The first-order valence-electron chi connectivity index (χ1n) is 11.7. The lowest BCUT2D eigenvalue weighted by Gasteiger charge is -2.44. The van der Waals surface area contributed by atoms with Crippen LogP contribution in [0.15, 0.2) is 35.5 Å². The van der Waals surface area contributed by atoms with E-state index in [9.17, 15) is 5.11 Å². The van der Waals surface area contributed by atoms with Crippen LogP contribution in [0.4, 0.5) is 0 Å². The molecule has 0 amide bonds. The molecule has 0 heterocycles. The van der Waals surface area contributed by atoms with Crippen molar-refractivity contribution in [1.29, 1.82) is 0 Å². The quantitative estimate of drug-likeness (QED) is 0.382. The third-order valence-electron chi connectivity index (χ3n) is 8.21. The fourth-order valence-corrected chi connectivity index (χ4v) is 6.49. The van der Waals surface area contributed by atoms with E-state index in [-0.39, 0.29) is 6.10 Å². The van der Waals surface area contributed by atoms with Gasteiger partial charge < -0.3 is 5.11 Å². The van der Waals surface area contributed by atoms with Gasteiger partial charge in [0, 0.05) is 0 Å². The molecule has 3 fully saturated rings. The number of hydrogen-bond donors (Lipinski definition) is 1. The van der Waals surface area contributed by atoms with Crippen LogP contribution in [0.3, 0.4) is 0 Å². The van der Waals surface area contributed by atoms with Gasteiger partial charge in [-0.15, -0.1) is 0 Å². The summed E-state index contributed by atoms with van der Waals surface area (Å²) < 4.78 is 0. The Morgan fingerprint density at radius 3 is 2.74 bits per heavy atom. The van der Waals surface area contributed by atoms with Crippen molar-refractivity contribution in [2.24, 2.45) is 23.2 Å². The van der Waals surface area contributed by atoms with Gasteiger partial charge in [0.15, 0.2) is 0 Å². The summed E-state index contributed by atoms with van der Waals surface area (Å²) >= 11 is 0. The lowest BCUT2D eigenvalue weighted by atomic mass is 9.60. The number of hydrogen-bond acceptors (Lipinski definition) is 1. The van der Waals surface area contributed by atoms with E-state index < -0.39 is 0 Å². The molecule has 152 valence electrons. The molecule has 3 aliphatic carbocycles. The summed E-state index contributed by atoms with van der Waals surface area (Å²) in [5.74, 6) is 2.59. The van der Waals surface area contributed by atoms with E-state index in [1.54, 1.807) is 5.57 Å². The Balaban J connectivity index is 1.68. The number of allylic oxidation sites excluding steroid dienone is 3. The van der Waals surface area contributed by atoms with E-state index in [0.29, 0.717) is 5.41 Å². The van der Waals surface area contributed by atoms with Crippen LogP contribution in [0.5, 0.6) is 0 Å². The van der Waals surface area contributed by atoms with Crippen LogP contribution in [-0.4, -0.2) is 11.2 Å². The van der Waals surface area contributed by atoms with Crippen molar-refractivity contribution in [3.05, 3.63) is 35.5 Å². The van der Waals surface area contributed by atoms with E-state index >= 15 is 0 Å². The maximum Gasteiger partial charge on any atom is 0.0784 e. The van der Waals surface area contributed by atoms with Gasteiger partial charge in [-0.1, -0.05) is 76.3 Å². The molecule has 3 rings (SSSR count). The Morgan fingerprint density at radius 2 is 2.00 bits per heavy atom. The van der Waals surface area contributed by atoms with Gasteiger partial charge in [0.25, 0.3) is 0 Å². The molecule has 27 heavy (non-hydrogen) atoms. The van der Waals surface area contributed by atoms with Crippen LogP contribution in [0.25, 0.3) is 0 Å². The molecule has 0 aromatic rings. The first kappa shape index (κ1) is 20.9. The predicted octanol–water partition coefficient (Wildman–Crippen LogP) is 7.37. The number of rotatable bonds is 6. The van der Waals surface area contributed by atoms with Crippen LogP contribution in [0.2, 0.25) is 0 Å². The van der Waals surface area contributed by atoms with Gasteiger partial charge in [-0.3, -0.25) is 0 Å². The van der Waals surface area contributed by atoms with Gasteiger partial charge in [0.2, 0.25) is 0 Å². The lowest BCUT2D eigenvalue weighted by Crippen LogP contribution is -2.36. The topological polar surface area (TPSA) is 20.2 Å². The number of fused-ring (bicyclic) bond motifs is 1. The molecule has 0 saturated heterocycles. The van der Waals surface area contributed by atoms with Crippen LogP contribution in [-0.2, 0) is 0 Å². The van der Waals surface area contributed by atoms with E-state index in [2.05, 4.69) is 39.5 Å². The largest absolute Gasteiger partial charge is 0.388 e. The molecule has 0 aromatic heterocycles. The van der Waals surface area contributed by atoms with E-state index in [1.807, 2.05) is 0 Å². The zero-order valence-corrected chi connectivity index (χ0v) is 18.1. The molecule has 3 saturated carbocycles. The zero-order valence-electron chi connectivity index (χ0n) is 18.1. The highest BCUT2D eigenvalue weighted by molar-refractivity contribution is 5.28. The highest BCUT2D eigenvalue weighted by Gasteiger charge is 2.50. The van der Waals surface area contributed by atoms with Crippen LogP contribution in [0.1, 0.15) is 97.8 Å². The molecule has 3 aliphatic rings. The van der Waals surface area contributed by atoms with Crippen molar-refractivity contribution >= 4 is 0 Å². The average molecular weight is 371 g/mol. The summed E-state index contributed by atoms with van der Waals surface area (Å²) in [6.07, 6.45) is 19.8. The molecule has 1 unspecified atom stereocenters. The third-order valence-corrected chi connectivity index (χ3v) is 8.21. The number of unbranched alkanes of at least 4 members (excludes halogenated alkanes) is 2. The standard InChI is InChI=1S/C26H42O/c1-5-6-7-9-19(2)23-15-16-24-22(10-8-17-26(23,24)4)14-13-21-12-11-20(3)25(27)18-21/h13-14,19,23-25,27H,3,5-12,15-18H2,1-2,4H3/b21-13-,22-14+/t19-,23?,24+,25-,26-/m1/s1. The monoisotopic (exact) mass is 370 g/mol. The summed E-state index contributed by atoms with van der Waals surface area (Å²) in [6, 6.07) is 0. The summed E-state index contributed by atoms with van der Waals surface area (Å²) in [6.45, 7) is 11.4. The van der Waals surface area contributed by atoms with Crippen molar-refractivity contribution in [3.8, 4) is 0 Å². The van der Waals surface area contributed by atoms with E-state index in [1.165, 1.54) is 63.4 Å². The molecular weight excluding hydrogens is 328 g/mol. The Morgan fingerprint density at radius 1 is 1.19 bits per heavy atom.